The van der Waals surface area contributed by atoms with Crippen LogP contribution in [0.4, 0.5) is 0 Å². The molecule has 4 nitrogen and oxygen atoms in total. The molecule has 0 radical (unpaired) electrons. The van der Waals surface area contributed by atoms with E-state index in [2.05, 4.69) is 17.1 Å². The van der Waals surface area contributed by atoms with Crippen molar-refractivity contribution in [1.82, 2.24) is 10.2 Å². The molecule has 1 rings (SSSR count). The zero-order valence-corrected chi connectivity index (χ0v) is 12.1. The summed E-state index contributed by atoms with van der Waals surface area (Å²) in [5.74, 6) is 0.422. The second kappa shape index (κ2) is 6.32. The fraction of sp³-hybridized carbons (Fsp3) is 0.857. The van der Waals surface area contributed by atoms with Gasteiger partial charge in [0.25, 0.3) is 0 Å². The first kappa shape index (κ1) is 15.2. The molecule has 4 heteroatoms. The molecular formula is C14H26N2O2. The van der Waals surface area contributed by atoms with Gasteiger partial charge in [-0.05, 0) is 46.6 Å². The number of hydrogen-bond acceptors (Lipinski definition) is 3. The maximum Gasteiger partial charge on any atom is 0.234 e. The first-order valence-electron chi connectivity index (χ1n) is 6.88. The highest BCUT2D eigenvalue weighted by Gasteiger charge is 2.25. The minimum absolute atomic E-state index is 0.0612. The highest BCUT2D eigenvalue weighted by atomic mass is 16.2. The van der Waals surface area contributed by atoms with Crippen LogP contribution in [0.25, 0.3) is 0 Å². The molecule has 0 aromatic heterocycles. The lowest BCUT2D eigenvalue weighted by Gasteiger charge is -2.32. The molecule has 1 fully saturated rings. The van der Waals surface area contributed by atoms with E-state index in [1.165, 1.54) is 0 Å². The summed E-state index contributed by atoms with van der Waals surface area (Å²) in [5, 5.41) is 3.03. The lowest BCUT2D eigenvalue weighted by molar-refractivity contribution is -0.127. The van der Waals surface area contributed by atoms with Crippen molar-refractivity contribution in [2.75, 3.05) is 19.6 Å². The van der Waals surface area contributed by atoms with E-state index >= 15 is 0 Å². The van der Waals surface area contributed by atoms with Crippen LogP contribution in [0.15, 0.2) is 0 Å². The molecule has 0 spiro atoms. The SMILES string of the molecule is CCC(C)(C)NC(=O)CN1CCCC(C(C)=O)C1. The first-order chi connectivity index (χ1) is 8.34. The van der Waals surface area contributed by atoms with Gasteiger partial charge in [0.15, 0.2) is 0 Å². The van der Waals surface area contributed by atoms with E-state index in [-0.39, 0.29) is 23.1 Å². The molecule has 1 heterocycles. The molecule has 1 atom stereocenters. The molecule has 0 bridgehead atoms. The zero-order chi connectivity index (χ0) is 13.8. The average molecular weight is 254 g/mol. The molecule has 1 aliphatic heterocycles. The number of carbonyl (C=O) groups is 2. The number of carbonyl (C=O) groups excluding carboxylic acids is 2. The molecule has 1 unspecified atom stereocenters. The van der Waals surface area contributed by atoms with Crippen LogP contribution in [0.2, 0.25) is 0 Å². The Labute approximate surface area is 110 Å². The molecule has 18 heavy (non-hydrogen) atoms. The van der Waals surface area contributed by atoms with E-state index in [0.717, 1.165) is 32.4 Å². The smallest absolute Gasteiger partial charge is 0.234 e. The van der Waals surface area contributed by atoms with Gasteiger partial charge in [0, 0.05) is 18.0 Å². The molecule has 1 aliphatic rings. The Bertz CT molecular complexity index is 313. The molecule has 0 aromatic carbocycles. The summed E-state index contributed by atoms with van der Waals surface area (Å²) in [5.41, 5.74) is -0.146. The zero-order valence-electron chi connectivity index (χ0n) is 12.1. The van der Waals surface area contributed by atoms with Crippen molar-refractivity contribution in [2.24, 2.45) is 5.92 Å². The van der Waals surface area contributed by atoms with Crippen molar-refractivity contribution >= 4 is 11.7 Å². The van der Waals surface area contributed by atoms with Crippen LogP contribution in [-0.2, 0) is 9.59 Å². The van der Waals surface area contributed by atoms with Crippen LogP contribution in [-0.4, -0.2) is 41.8 Å². The monoisotopic (exact) mass is 254 g/mol. The van der Waals surface area contributed by atoms with Crippen LogP contribution in [0.1, 0.15) is 47.0 Å². The average Bonchev–Trinajstić information content (AvgIpc) is 2.28. The van der Waals surface area contributed by atoms with Gasteiger partial charge in [-0.15, -0.1) is 0 Å². The second-order valence-corrected chi connectivity index (χ2v) is 5.97. The van der Waals surface area contributed by atoms with Gasteiger partial charge >= 0.3 is 0 Å². The Morgan fingerprint density at radius 3 is 2.61 bits per heavy atom. The van der Waals surface area contributed by atoms with Crippen molar-refractivity contribution in [2.45, 2.75) is 52.5 Å². The van der Waals surface area contributed by atoms with Gasteiger partial charge in [0.2, 0.25) is 5.91 Å². The van der Waals surface area contributed by atoms with E-state index in [9.17, 15) is 9.59 Å². The summed E-state index contributed by atoms with van der Waals surface area (Å²) in [7, 11) is 0. The maximum atomic E-state index is 11.9. The third-order valence-corrected chi connectivity index (χ3v) is 3.81. The van der Waals surface area contributed by atoms with E-state index in [1.807, 2.05) is 13.8 Å². The largest absolute Gasteiger partial charge is 0.350 e. The summed E-state index contributed by atoms with van der Waals surface area (Å²) >= 11 is 0. The Kier molecular flexibility index (Phi) is 5.32. The van der Waals surface area contributed by atoms with Crippen LogP contribution >= 0.6 is 0 Å². The van der Waals surface area contributed by atoms with Crippen molar-refractivity contribution in [3.8, 4) is 0 Å². The summed E-state index contributed by atoms with van der Waals surface area (Å²) in [6.45, 7) is 9.83. The summed E-state index contributed by atoms with van der Waals surface area (Å²) < 4.78 is 0. The number of likely N-dealkylation sites (tertiary alicyclic amines) is 1. The van der Waals surface area contributed by atoms with Gasteiger partial charge in [-0.25, -0.2) is 0 Å². The number of hydrogen-bond donors (Lipinski definition) is 1. The predicted molar refractivity (Wildman–Crippen MR) is 72.4 cm³/mol. The Morgan fingerprint density at radius 1 is 1.39 bits per heavy atom. The van der Waals surface area contributed by atoms with E-state index < -0.39 is 0 Å². The van der Waals surface area contributed by atoms with Gasteiger partial charge in [-0.2, -0.15) is 0 Å². The molecule has 1 saturated heterocycles. The van der Waals surface area contributed by atoms with Gasteiger partial charge in [0.1, 0.15) is 5.78 Å². The Morgan fingerprint density at radius 2 is 2.06 bits per heavy atom. The van der Waals surface area contributed by atoms with Gasteiger partial charge in [-0.1, -0.05) is 6.92 Å². The fourth-order valence-corrected chi connectivity index (χ4v) is 2.24. The fourth-order valence-electron chi connectivity index (χ4n) is 2.24. The third kappa shape index (κ3) is 4.77. The number of Topliss-reactive ketones (excluding diaryl/α,β-unsaturated/α-hetero) is 1. The molecule has 1 N–H and O–H groups in total. The predicted octanol–water partition coefficient (Wildman–Crippen LogP) is 1.59. The van der Waals surface area contributed by atoms with Crippen LogP contribution in [0, 0.1) is 5.92 Å². The minimum atomic E-state index is -0.146. The molecule has 0 saturated carbocycles. The normalized spacial score (nSPS) is 21.7. The highest BCUT2D eigenvalue weighted by molar-refractivity contribution is 5.80. The van der Waals surface area contributed by atoms with Crippen molar-refractivity contribution in [3.63, 3.8) is 0 Å². The number of nitrogens with one attached hydrogen (secondary N) is 1. The van der Waals surface area contributed by atoms with Gasteiger partial charge < -0.3 is 5.32 Å². The molecule has 1 amide bonds. The summed E-state index contributed by atoms with van der Waals surface area (Å²) in [6.07, 6.45) is 2.89. The standard InChI is InChI=1S/C14H26N2O2/c1-5-14(3,4)15-13(18)10-16-8-6-7-12(9-16)11(2)17/h12H,5-10H2,1-4H3,(H,15,18). The third-order valence-electron chi connectivity index (χ3n) is 3.81. The Balaban J connectivity index is 2.42. The maximum absolute atomic E-state index is 11.9. The van der Waals surface area contributed by atoms with Crippen molar-refractivity contribution in [3.05, 3.63) is 0 Å². The molecular weight excluding hydrogens is 228 g/mol. The van der Waals surface area contributed by atoms with Gasteiger partial charge in [0.05, 0.1) is 6.54 Å². The minimum Gasteiger partial charge on any atom is -0.350 e. The molecule has 0 aliphatic carbocycles. The molecule has 104 valence electrons. The summed E-state index contributed by atoms with van der Waals surface area (Å²) in [4.78, 5) is 25.4. The van der Waals surface area contributed by atoms with E-state index in [1.54, 1.807) is 6.92 Å². The van der Waals surface area contributed by atoms with Gasteiger partial charge in [-0.3, -0.25) is 14.5 Å². The lowest BCUT2D eigenvalue weighted by Crippen LogP contribution is -2.49. The van der Waals surface area contributed by atoms with E-state index in [0.29, 0.717) is 6.54 Å². The van der Waals surface area contributed by atoms with Crippen molar-refractivity contribution in [1.29, 1.82) is 0 Å². The van der Waals surface area contributed by atoms with Crippen molar-refractivity contribution < 1.29 is 9.59 Å². The number of amides is 1. The quantitative estimate of drug-likeness (QED) is 0.810. The van der Waals surface area contributed by atoms with Crippen LogP contribution in [0.5, 0.6) is 0 Å². The first-order valence-corrected chi connectivity index (χ1v) is 6.88. The number of rotatable bonds is 5. The highest BCUT2D eigenvalue weighted by Crippen LogP contribution is 2.17. The van der Waals surface area contributed by atoms with Crippen LogP contribution in [0.3, 0.4) is 0 Å². The number of nitrogens with zero attached hydrogens (tertiary/aromatic N) is 1. The second-order valence-electron chi connectivity index (χ2n) is 5.97. The van der Waals surface area contributed by atoms with E-state index in [4.69, 9.17) is 0 Å². The number of ketones is 1. The topological polar surface area (TPSA) is 49.4 Å². The lowest BCUT2D eigenvalue weighted by atomic mass is 9.94. The summed E-state index contributed by atoms with van der Waals surface area (Å²) in [6, 6.07) is 0. The Hall–Kier alpha value is -0.900. The number of piperidine rings is 1. The molecule has 0 aromatic rings. The van der Waals surface area contributed by atoms with Crippen LogP contribution < -0.4 is 5.32 Å².